The van der Waals surface area contributed by atoms with Gasteiger partial charge in [-0.05, 0) is 28.1 Å². The van der Waals surface area contributed by atoms with Crippen molar-refractivity contribution in [3.05, 3.63) is 37.1 Å². The van der Waals surface area contributed by atoms with Gasteiger partial charge in [0, 0.05) is 9.17 Å². The number of hydrogen-bond donors (Lipinski definition) is 0. The first-order valence-corrected chi connectivity index (χ1v) is 5.65. The second-order valence-electron chi connectivity index (χ2n) is 2.64. The van der Waals surface area contributed by atoms with Crippen molar-refractivity contribution in [2.24, 2.45) is 0 Å². The molecule has 0 aliphatic rings. The number of nitrogens with zero attached hydrogens (tertiary/aromatic N) is 1. The van der Waals surface area contributed by atoms with Gasteiger partial charge in [-0.2, -0.15) is 0 Å². The van der Waals surface area contributed by atoms with E-state index in [-0.39, 0.29) is 5.69 Å². The minimum absolute atomic E-state index is 0.111. The molecule has 3 nitrogen and oxygen atoms in total. The Labute approximate surface area is 96.6 Å². The molecule has 0 fully saturated rings. The van der Waals surface area contributed by atoms with E-state index in [4.69, 9.17) is 11.6 Å². The molecule has 0 atom stereocenters. The Morgan fingerprint density at radius 2 is 2.21 bits per heavy atom. The van der Waals surface area contributed by atoms with Crippen LogP contribution < -0.4 is 0 Å². The zero-order valence-corrected chi connectivity index (χ0v) is 9.82. The molecule has 1 aromatic carbocycles. The van der Waals surface area contributed by atoms with Crippen LogP contribution in [0.5, 0.6) is 0 Å². The van der Waals surface area contributed by atoms with Crippen LogP contribution in [0.3, 0.4) is 0 Å². The number of benzene rings is 1. The van der Waals surface area contributed by atoms with Gasteiger partial charge in [0.25, 0.3) is 5.69 Å². The van der Waals surface area contributed by atoms with Crippen LogP contribution in [0.4, 0.5) is 5.69 Å². The molecule has 0 saturated heterocycles. The van der Waals surface area contributed by atoms with Gasteiger partial charge < -0.3 is 0 Å². The number of rotatable bonds is 1. The van der Waals surface area contributed by atoms with Crippen LogP contribution >= 0.6 is 38.9 Å². The normalized spacial score (nSPS) is 10.7. The van der Waals surface area contributed by atoms with Crippen molar-refractivity contribution in [1.82, 2.24) is 0 Å². The average Bonchev–Trinajstić information content (AvgIpc) is 2.48. The average molecular weight is 293 g/mol. The summed E-state index contributed by atoms with van der Waals surface area (Å²) in [5, 5.41) is 13.2. The molecule has 1 heterocycles. The highest BCUT2D eigenvalue weighted by atomic mass is 79.9. The summed E-state index contributed by atoms with van der Waals surface area (Å²) in [4.78, 5) is 10.2. The number of halogens is 2. The number of fused-ring (bicyclic) bond motifs is 1. The second kappa shape index (κ2) is 3.49. The second-order valence-corrected chi connectivity index (χ2v) is 4.81. The Balaban J connectivity index is 2.80. The van der Waals surface area contributed by atoms with E-state index in [2.05, 4.69) is 15.9 Å². The zero-order valence-electron chi connectivity index (χ0n) is 6.66. The Kier molecular flexibility index (Phi) is 2.47. The number of hydrogen-bond acceptors (Lipinski definition) is 3. The first-order chi connectivity index (χ1) is 6.59. The summed E-state index contributed by atoms with van der Waals surface area (Å²) < 4.78 is 1.61. The van der Waals surface area contributed by atoms with Crippen LogP contribution in [-0.2, 0) is 0 Å². The van der Waals surface area contributed by atoms with E-state index in [1.807, 2.05) is 0 Å². The predicted octanol–water partition coefficient (Wildman–Crippen LogP) is 4.23. The first kappa shape index (κ1) is 9.89. The Bertz CT molecular complexity index is 525. The quantitative estimate of drug-likeness (QED) is 0.583. The SMILES string of the molecule is O=[N+]([O-])c1csc2cc(Br)c(Cl)cc12. The fourth-order valence-electron chi connectivity index (χ4n) is 1.15. The van der Waals surface area contributed by atoms with Crippen molar-refractivity contribution >= 4 is 54.6 Å². The van der Waals surface area contributed by atoms with Gasteiger partial charge in [-0.25, -0.2) is 0 Å². The molecular formula is C8H3BrClNO2S. The third kappa shape index (κ3) is 1.51. The van der Waals surface area contributed by atoms with Crippen molar-refractivity contribution in [1.29, 1.82) is 0 Å². The van der Waals surface area contributed by atoms with Crippen LogP contribution in [0.15, 0.2) is 22.0 Å². The molecule has 14 heavy (non-hydrogen) atoms. The lowest BCUT2D eigenvalue weighted by Crippen LogP contribution is -1.84. The molecule has 0 amide bonds. The molecule has 0 aliphatic heterocycles. The van der Waals surface area contributed by atoms with Crippen molar-refractivity contribution in [3.8, 4) is 0 Å². The smallest absolute Gasteiger partial charge is 0.258 e. The summed E-state index contributed by atoms with van der Waals surface area (Å²) in [6.45, 7) is 0. The molecule has 0 spiro atoms. The van der Waals surface area contributed by atoms with Gasteiger partial charge in [-0.15, -0.1) is 11.3 Å². The Morgan fingerprint density at radius 3 is 2.86 bits per heavy atom. The van der Waals surface area contributed by atoms with E-state index < -0.39 is 4.92 Å². The monoisotopic (exact) mass is 291 g/mol. The maximum Gasteiger partial charge on any atom is 0.287 e. The van der Waals surface area contributed by atoms with Gasteiger partial charge in [-0.3, -0.25) is 10.1 Å². The molecule has 72 valence electrons. The fraction of sp³-hybridized carbons (Fsp3) is 0. The number of nitro groups is 1. The summed E-state index contributed by atoms with van der Waals surface area (Å²) in [5.41, 5.74) is 0.111. The van der Waals surface area contributed by atoms with Crippen molar-refractivity contribution in [2.75, 3.05) is 0 Å². The topological polar surface area (TPSA) is 43.1 Å². The van der Waals surface area contributed by atoms with Crippen molar-refractivity contribution in [2.45, 2.75) is 0 Å². The van der Waals surface area contributed by atoms with E-state index >= 15 is 0 Å². The van der Waals surface area contributed by atoms with E-state index in [9.17, 15) is 10.1 Å². The molecular weight excluding hydrogens is 290 g/mol. The molecule has 0 unspecified atom stereocenters. The van der Waals surface area contributed by atoms with Crippen LogP contribution in [0, 0.1) is 10.1 Å². The predicted molar refractivity (Wildman–Crippen MR) is 61.2 cm³/mol. The molecule has 0 N–H and O–H groups in total. The molecule has 6 heteroatoms. The van der Waals surface area contributed by atoms with Crippen LogP contribution in [0.1, 0.15) is 0 Å². The van der Waals surface area contributed by atoms with Crippen LogP contribution in [-0.4, -0.2) is 4.92 Å². The van der Waals surface area contributed by atoms with Gasteiger partial charge in [0.1, 0.15) is 0 Å². The molecule has 2 aromatic rings. The lowest BCUT2D eigenvalue weighted by Gasteiger charge is -1.95. The number of thiophene rings is 1. The highest BCUT2D eigenvalue weighted by molar-refractivity contribution is 9.10. The van der Waals surface area contributed by atoms with E-state index in [1.54, 1.807) is 12.1 Å². The van der Waals surface area contributed by atoms with E-state index in [0.717, 1.165) is 9.17 Å². The highest BCUT2D eigenvalue weighted by Gasteiger charge is 2.15. The van der Waals surface area contributed by atoms with Crippen LogP contribution in [0.25, 0.3) is 10.1 Å². The minimum Gasteiger partial charge on any atom is -0.258 e. The van der Waals surface area contributed by atoms with Crippen molar-refractivity contribution < 1.29 is 4.92 Å². The molecule has 1 aromatic heterocycles. The Morgan fingerprint density at radius 1 is 1.50 bits per heavy atom. The summed E-state index contributed by atoms with van der Waals surface area (Å²) in [6, 6.07) is 3.39. The standard InChI is InChI=1S/C8H3BrClNO2S/c9-5-2-8-4(1-6(5)10)7(3-14-8)11(12)13/h1-3H. The maximum atomic E-state index is 10.6. The summed E-state index contributed by atoms with van der Waals surface area (Å²) in [6.07, 6.45) is 0. The van der Waals surface area contributed by atoms with Gasteiger partial charge in [-0.1, -0.05) is 11.6 Å². The van der Waals surface area contributed by atoms with E-state index in [1.165, 1.54) is 16.7 Å². The van der Waals surface area contributed by atoms with Gasteiger partial charge in [0.2, 0.25) is 0 Å². The summed E-state index contributed by atoms with van der Waals surface area (Å²) in [7, 11) is 0. The third-order valence-electron chi connectivity index (χ3n) is 1.79. The van der Waals surface area contributed by atoms with Gasteiger partial charge >= 0.3 is 0 Å². The summed E-state index contributed by atoms with van der Waals surface area (Å²) in [5.74, 6) is 0. The lowest BCUT2D eigenvalue weighted by atomic mass is 10.2. The fourth-order valence-corrected chi connectivity index (χ4v) is 2.74. The van der Waals surface area contributed by atoms with Gasteiger partial charge in [0.05, 0.1) is 20.7 Å². The Hall–Kier alpha value is -0.650. The molecule has 0 radical (unpaired) electrons. The van der Waals surface area contributed by atoms with Gasteiger partial charge in [0.15, 0.2) is 0 Å². The first-order valence-electron chi connectivity index (χ1n) is 3.60. The largest absolute Gasteiger partial charge is 0.287 e. The molecule has 0 saturated carbocycles. The molecule has 0 bridgehead atoms. The third-order valence-corrected chi connectivity index (χ3v) is 3.92. The molecule has 2 rings (SSSR count). The van der Waals surface area contributed by atoms with Crippen molar-refractivity contribution in [3.63, 3.8) is 0 Å². The highest BCUT2D eigenvalue weighted by Crippen LogP contribution is 2.37. The maximum absolute atomic E-state index is 10.6. The molecule has 0 aliphatic carbocycles. The van der Waals surface area contributed by atoms with Crippen LogP contribution in [0.2, 0.25) is 5.02 Å². The zero-order chi connectivity index (χ0) is 10.3. The lowest BCUT2D eigenvalue weighted by molar-refractivity contribution is -0.382. The summed E-state index contributed by atoms with van der Waals surface area (Å²) >= 11 is 10.5. The minimum atomic E-state index is -0.400. The van der Waals surface area contributed by atoms with E-state index in [0.29, 0.717) is 10.4 Å².